The molecule has 0 spiro atoms. The van der Waals surface area contributed by atoms with E-state index in [1.165, 1.54) is 65.3 Å². The molecular weight excluding hydrogens is 567 g/mol. The number of hydrogen-bond acceptors (Lipinski definition) is 1. The number of nitrogens with zero attached hydrogens (tertiary/aromatic N) is 1. The SMILES string of the molecule is c1ccc(-c2cccc(N(c3ccc(-c4cccc5ccccc45)cc3)c3ccc4c(ccc5c6ccccc6ccc45)c3)c2)cc1. The van der Waals surface area contributed by atoms with Crippen LogP contribution in [-0.2, 0) is 0 Å². The first-order valence-corrected chi connectivity index (χ1v) is 16.2. The summed E-state index contributed by atoms with van der Waals surface area (Å²) in [6.07, 6.45) is 0. The molecule has 0 aliphatic carbocycles. The smallest absolute Gasteiger partial charge is 0.0468 e. The lowest BCUT2D eigenvalue weighted by Gasteiger charge is -2.27. The number of hydrogen-bond donors (Lipinski definition) is 0. The molecule has 0 heterocycles. The fourth-order valence-electron chi connectivity index (χ4n) is 7.13. The molecule has 1 nitrogen and oxygen atoms in total. The van der Waals surface area contributed by atoms with Crippen LogP contribution in [0, 0.1) is 0 Å². The summed E-state index contributed by atoms with van der Waals surface area (Å²) < 4.78 is 0. The molecule has 47 heavy (non-hydrogen) atoms. The van der Waals surface area contributed by atoms with Gasteiger partial charge in [-0.3, -0.25) is 0 Å². The van der Waals surface area contributed by atoms with Gasteiger partial charge in [0.2, 0.25) is 0 Å². The molecule has 0 saturated carbocycles. The zero-order valence-electron chi connectivity index (χ0n) is 25.8. The van der Waals surface area contributed by atoms with Crippen LogP contribution in [0.5, 0.6) is 0 Å². The topological polar surface area (TPSA) is 3.24 Å². The lowest BCUT2D eigenvalue weighted by Crippen LogP contribution is -2.10. The van der Waals surface area contributed by atoms with Gasteiger partial charge in [0.1, 0.15) is 0 Å². The van der Waals surface area contributed by atoms with Crippen LogP contribution in [-0.4, -0.2) is 0 Å². The minimum absolute atomic E-state index is 1.12. The van der Waals surface area contributed by atoms with Crippen LogP contribution >= 0.6 is 0 Å². The molecule has 0 bridgehead atoms. The van der Waals surface area contributed by atoms with E-state index in [4.69, 9.17) is 0 Å². The van der Waals surface area contributed by atoms with Crippen molar-refractivity contribution in [3.05, 3.63) is 188 Å². The first-order valence-electron chi connectivity index (χ1n) is 16.2. The van der Waals surface area contributed by atoms with E-state index in [0.717, 1.165) is 17.1 Å². The molecule has 0 unspecified atom stereocenters. The normalized spacial score (nSPS) is 11.4. The van der Waals surface area contributed by atoms with Gasteiger partial charge in [0.25, 0.3) is 0 Å². The van der Waals surface area contributed by atoms with Crippen molar-refractivity contribution < 1.29 is 0 Å². The third-order valence-corrected chi connectivity index (χ3v) is 9.42. The van der Waals surface area contributed by atoms with Crippen molar-refractivity contribution in [3.8, 4) is 22.3 Å². The molecule has 0 aliphatic heterocycles. The van der Waals surface area contributed by atoms with Gasteiger partial charge in [-0.25, -0.2) is 0 Å². The van der Waals surface area contributed by atoms with E-state index in [-0.39, 0.29) is 0 Å². The second-order valence-corrected chi connectivity index (χ2v) is 12.2. The van der Waals surface area contributed by atoms with Gasteiger partial charge in [-0.2, -0.15) is 0 Å². The molecule has 0 aliphatic rings. The van der Waals surface area contributed by atoms with Crippen molar-refractivity contribution in [2.24, 2.45) is 0 Å². The van der Waals surface area contributed by atoms with Gasteiger partial charge in [-0.15, -0.1) is 0 Å². The van der Waals surface area contributed by atoms with Crippen molar-refractivity contribution >= 4 is 60.2 Å². The maximum Gasteiger partial charge on any atom is 0.0468 e. The summed E-state index contributed by atoms with van der Waals surface area (Å²) in [5, 5.41) is 10.1. The molecule has 0 fully saturated rings. The summed E-state index contributed by atoms with van der Waals surface area (Å²) in [5.74, 6) is 0. The predicted molar refractivity (Wildman–Crippen MR) is 202 cm³/mol. The van der Waals surface area contributed by atoms with Gasteiger partial charge >= 0.3 is 0 Å². The Morgan fingerprint density at radius 2 is 0.809 bits per heavy atom. The third kappa shape index (κ3) is 4.81. The number of anilines is 3. The van der Waals surface area contributed by atoms with E-state index < -0.39 is 0 Å². The Balaban J connectivity index is 1.20. The first-order chi connectivity index (χ1) is 23.3. The van der Waals surface area contributed by atoms with Gasteiger partial charge in [0, 0.05) is 17.1 Å². The fourth-order valence-corrected chi connectivity index (χ4v) is 7.13. The summed E-state index contributed by atoms with van der Waals surface area (Å²) in [6.45, 7) is 0. The van der Waals surface area contributed by atoms with Crippen LogP contribution in [0.1, 0.15) is 0 Å². The fraction of sp³-hybridized carbons (Fsp3) is 0. The Kier molecular flexibility index (Phi) is 6.54. The van der Waals surface area contributed by atoms with Gasteiger partial charge in [0.05, 0.1) is 0 Å². The van der Waals surface area contributed by atoms with E-state index in [9.17, 15) is 0 Å². The highest BCUT2D eigenvalue weighted by atomic mass is 15.1. The average molecular weight is 598 g/mol. The highest BCUT2D eigenvalue weighted by Gasteiger charge is 2.16. The maximum atomic E-state index is 2.38. The Hall–Kier alpha value is -6.18. The van der Waals surface area contributed by atoms with E-state index in [1.807, 2.05) is 0 Å². The van der Waals surface area contributed by atoms with E-state index >= 15 is 0 Å². The summed E-state index contributed by atoms with van der Waals surface area (Å²) in [6, 6.07) is 68.3. The van der Waals surface area contributed by atoms with Crippen LogP contribution in [0.25, 0.3) is 65.3 Å². The average Bonchev–Trinajstić information content (AvgIpc) is 3.15. The van der Waals surface area contributed by atoms with Crippen LogP contribution in [0.4, 0.5) is 17.1 Å². The van der Waals surface area contributed by atoms with Crippen molar-refractivity contribution in [1.82, 2.24) is 0 Å². The number of rotatable bonds is 5. The van der Waals surface area contributed by atoms with E-state index in [1.54, 1.807) is 0 Å². The Morgan fingerprint density at radius 3 is 1.62 bits per heavy atom. The molecule has 1 heteroatoms. The van der Waals surface area contributed by atoms with Crippen LogP contribution in [0.15, 0.2) is 188 Å². The Bertz CT molecular complexity index is 2560. The van der Waals surface area contributed by atoms with Gasteiger partial charge in [0.15, 0.2) is 0 Å². The van der Waals surface area contributed by atoms with E-state index in [2.05, 4.69) is 193 Å². The quantitative estimate of drug-likeness (QED) is 0.178. The van der Waals surface area contributed by atoms with Crippen molar-refractivity contribution in [3.63, 3.8) is 0 Å². The molecule has 9 rings (SSSR count). The van der Waals surface area contributed by atoms with Crippen molar-refractivity contribution in [2.75, 3.05) is 4.90 Å². The highest BCUT2D eigenvalue weighted by molar-refractivity contribution is 6.17. The summed E-state index contributed by atoms with van der Waals surface area (Å²) in [5.41, 5.74) is 8.22. The summed E-state index contributed by atoms with van der Waals surface area (Å²) >= 11 is 0. The molecule has 9 aromatic carbocycles. The zero-order chi connectivity index (χ0) is 31.2. The lowest BCUT2D eigenvalue weighted by atomic mass is 9.96. The third-order valence-electron chi connectivity index (χ3n) is 9.42. The lowest BCUT2D eigenvalue weighted by molar-refractivity contribution is 1.29. The molecule has 0 atom stereocenters. The monoisotopic (exact) mass is 597 g/mol. The van der Waals surface area contributed by atoms with Crippen molar-refractivity contribution in [2.45, 2.75) is 0 Å². The van der Waals surface area contributed by atoms with Crippen molar-refractivity contribution in [1.29, 1.82) is 0 Å². The number of fused-ring (bicyclic) bond motifs is 6. The maximum absolute atomic E-state index is 2.38. The van der Waals surface area contributed by atoms with Gasteiger partial charge in [-0.1, -0.05) is 152 Å². The summed E-state index contributed by atoms with van der Waals surface area (Å²) in [7, 11) is 0. The highest BCUT2D eigenvalue weighted by Crippen LogP contribution is 2.40. The summed E-state index contributed by atoms with van der Waals surface area (Å²) in [4.78, 5) is 2.38. The number of benzene rings is 9. The van der Waals surface area contributed by atoms with E-state index in [0.29, 0.717) is 0 Å². The molecule has 220 valence electrons. The molecule has 0 radical (unpaired) electrons. The molecular formula is C46H31N. The van der Waals surface area contributed by atoms with Crippen LogP contribution < -0.4 is 4.90 Å². The second-order valence-electron chi connectivity index (χ2n) is 12.2. The standard InChI is InChI=1S/C46H31N/c1-2-10-32(11-3-1)36-15-8-16-39(30-36)47(38-24-20-35(21-25-38)42-19-9-14-33-12-4-6-17-41(33)42)40-26-29-44-37(31-40)23-28-45-43-18-7-5-13-34(43)22-27-46(44)45/h1-31H. The zero-order valence-corrected chi connectivity index (χ0v) is 25.8. The molecule has 0 saturated heterocycles. The molecule has 0 amide bonds. The van der Waals surface area contributed by atoms with Crippen LogP contribution in [0.2, 0.25) is 0 Å². The predicted octanol–water partition coefficient (Wildman–Crippen LogP) is 13.1. The van der Waals surface area contributed by atoms with Gasteiger partial charge in [-0.05, 0) is 102 Å². The minimum Gasteiger partial charge on any atom is -0.310 e. The molecule has 0 N–H and O–H groups in total. The second kappa shape index (κ2) is 11.3. The molecule has 9 aromatic rings. The van der Waals surface area contributed by atoms with Gasteiger partial charge < -0.3 is 4.90 Å². The first kappa shape index (κ1) is 27.2. The van der Waals surface area contributed by atoms with Crippen LogP contribution in [0.3, 0.4) is 0 Å². The Morgan fingerprint density at radius 1 is 0.255 bits per heavy atom. The minimum atomic E-state index is 1.12. The largest absolute Gasteiger partial charge is 0.310 e. The Labute approximate surface area is 274 Å². The molecule has 0 aromatic heterocycles.